The van der Waals surface area contributed by atoms with Crippen molar-refractivity contribution in [3.63, 3.8) is 0 Å². The number of aromatic nitrogens is 1. The number of carboxylic acids is 1. The molecule has 25 heavy (non-hydrogen) atoms. The van der Waals surface area contributed by atoms with Gasteiger partial charge in [-0.25, -0.2) is 4.79 Å². The molecule has 128 valence electrons. The minimum atomic E-state index is -0.873. The van der Waals surface area contributed by atoms with Crippen LogP contribution >= 0.6 is 0 Å². The molecule has 0 fully saturated rings. The second kappa shape index (κ2) is 6.28. The van der Waals surface area contributed by atoms with Crippen LogP contribution in [-0.2, 0) is 19.4 Å². The molecule has 0 unspecified atom stereocenters. The molecule has 2 aromatic carbocycles. The number of rotatable bonds is 4. The Morgan fingerprint density at radius 2 is 1.96 bits per heavy atom. The van der Waals surface area contributed by atoms with Gasteiger partial charge in [-0.15, -0.1) is 0 Å². The summed E-state index contributed by atoms with van der Waals surface area (Å²) < 4.78 is 7.70. The lowest BCUT2D eigenvalue weighted by atomic mass is 9.95. The first-order chi connectivity index (χ1) is 12.2. The van der Waals surface area contributed by atoms with Gasteiger partial charge in [-0.3, -0.25) is 0 Å². The zero-order chi connectivity index (χ0) is 17.4. The minimum absolute atomic E-state index is 0.377. The summed E-state index contributed by atoms with van der Waals surface area (Å²) >= 11 is 0. The Bertz CT molecular complexity index is 955. The Morgan fingerprint density at radius 3 is 2.76 bits per heavy atom. The van der Waals surface area contributed by atoms with E-state index in [0.29, 0.717) is 12.1 Å². The van der Waals surface area contributed by atoms with Crippen LogP contribution < -0.4 is 4.74 Å². The Balaban J connectivity index is 1.89. The van der Waals surface area contributed by atoms with Crippen molar-refractivity contribution in [3.8, 4) is 5.75 Å². The molecule has 0 atom stereocenters. The fraction of sp³-hybridized carbons (Fsp3) is 0.286. The van der Waals surface area contributed by atoms with Gasteiger partial charge in [0.05, 0.1) is 12.7 Å². The van der Waals surface area contributed by atoms with Gasteiger partial charge in [0.15, 0.2) is 0 Å². The zero-order valence-corrected chi connectivity index (χ0v) is 14.3. The number of aromatic carboxylic acids is 1. The van der Waals surface area contributed by atoms with E-state index in [-0.39, 0.29) is 0 Å². The molecular formula is C21H21NO3. The number of ether oxygens (including phenoxy) is 1. The maximum absolute atomic E-state index is 11.6. The monoisotopic (exact) mass is 335 g/mol. The summed E-state index contributed by atoms with van der Waals surface area (Å²) in [6.07, 6.45) is 4.50. The third-order valence-corrected chi connectivity index (χ3v) is 5.16. The standard InChI is InChI=1S/C21H21NO3/c1-25-15-10-11-20-18(12-15)17-8-4-5-9-19(17)22(20)13-14-6-2-3-7-16(14)21(23)24/h2-3,6-7,10-12H,4-5,8-9,13H2,1H3,(H,23,24). The molecule has 0 saturated heterocycles. The molecule has 0 spiro atoms. The van der Waals surface area contributed by atoms with E-state index < -0.39 is 5.97 Å². The first-order valence-corrected chi connectivity index (χ1v) is 8.68. The molecule has 1 aliphatic rings. The fourth-order valence-corrected chi connectivity index (χ4v) is 3.96. The Kier molecular flexibility index (Phi) is 3.96. The number of benzene rings is 2. The second-order valence-electron chi connectivity index (χ2n) is 6.56. The first kappa shape index (κ1) is 15.8. The van der Waals surface area contributed by atoms with Crippen LogP contribution in [0.3, 0.4) is 0 Å². The number of hydrogen-bond donors (Lipinski definition) is 1. The van der Waals surface area contributed by atoms with Crippen LogP contribution in [0, 0.1) is 0 Å². The first-order valence-electron chi connectivity index (χ1n) is 8.68. The van der Waals surface area contributed by atoms with E-state index in [1.54, 1.807) is 19.2 Å². The van der Waals surface area contributed by atoms with E-state index in [1.807, 2.05) is 18.2 Å². The number of carbonyl (C=O) groups is 1. The lowest BCUT2D eigenvalue weighted by Crippen LogP contribution is -2.11. The van der Waals surface area contributed by atoms with Crippen molar-refractivity contribution in [2.75, 3.05) is 7.11 Å². The van der Waals surface area contributed by atoms with Gasteiger partial charge in [-0.05, 0) is 61.1 Å². The highest BCUT2D eigenvalue weighted by Gasteiger charge is 2.21. The van der Waals surface area contributed by atoms with Gasteiger partial charge in [-0.1, -0.05) is 18.2 Å². The maximum Gasteiger partial charge on any atom is 0.336 e. The molecule has 4 heteroatoms. The Hall–Kier alpha value is -2.75. The van der Waals surface area contributed by atoms with Gasteiger partial charge >= 0.3 is 5.97 Å². The third-order valence-electron chi connectivity index (χ3n) is 5.16. The number of methoxy groups -OCH3 is 1. The van der Waals surface area contributed by atoms with Crippen LogP contribution in [-0.4, -0.2) is 22.8 Å². The van der Waals surface area contributed by atoms with E-state index in [0.717, 1.165) is 29.7 Å². The summed E-state index contributed by atoms with van der Waals surface area (Å²) in [5.74, 6) is -0.00782. The quantitative estimate of drug-likeness (QED) is 0.774. The van der Waals surface area contributed by atoms with Crippen molar-refractivity contribution in [3.05, 3.63) is 64.8 Å². The van der Waals surface area contributed by atoms with Gasteiger partial charge in [0.25, 0.3) is 0 Å². The van der Waals surface area contributed by atoms with Crippen LogP contribution in [0.5, 0.6) is 5.75 Å². The van der Waals surface area contributed by atoms with Crippen LogP contribution in [0.4, 0.5) is 0 Å². The molecule has 3 aromatic rings. The molecule has 0 radical (unpaired) electrons. The normalized spacial score (nSPS) is 13.6. The van der Waals surface area contributed by atoms with Gasteiger partial charge in [0.2, 0.25) is 0 Å². The van der Waals surface area contributed by atoms with Crippen LogP contribution in [0.2, 0.25) is 0 Å². The highest BCUT2D eigenvalue weighted by molar-refractivity contribution is 5.90. The molecule has 0 bridgehead atoms. The number of nitrogens with zero attached hydrogens (tertiary/aromatic N) is 1. The molecule has 0 amide bonds. The number of aryl methyl sites for hydroxylation is 1. The molecule has 1 aliphatic carbocycles. The Morgan fingerprint density at radius 1 is 1.16 bits per heavy atom. The zero-order valence-electron chi connectivity index (χ0n) is 14.3. The van der Waals surface area contributed by atoms with E-state index >= 15 is 0 Å². The molecule has 4 nitrogen and oxygen atoms in total. The molecular weight excluding hydrogens is 314 g/mol. The van der Waals surface area contributed by atoms with Crippen molar-refractivity contribution < 1.29 is 14.6 Å². The summed E-state index contributed by atoms with van der Waals surface area (Å²) in [6, 6.07) is 13.5. The largest absolute Gasteiger partial charge is 0.497 e. The van der Waals surface area contributed by atoms with E-state index in [2.05, 4.69) is 16.7 Å². The number of hydrogen-bond acceptors (Lipinski definition) is 2. The summed E-state index contributed by atoms with van der Waals surface area (Å²) in [5, 5.41) is 10.7. The molecule has 1 N–H and O–H groups in total. The summed E-state index contributed by atoms with van der Waals surface area (Å²) in [4.78, 5) is 11.6. The van der Waals surface area contributed by atoms with Crippen molar-refractivity contribution in [2.45, 2.75) is 32.2 Å². The van der Waals surface area contributed by atoms with Crippen molar-refractivity contribution in [2.24, 2.45) is 0 Å². The second-order valence-corrected chi connectivity index (χ2v) is 6.56. The van der Waals surface area contributed by atoms with Gasteiger partial charge in [0, 0.05) is 23.1 Å². The van der Waals surface area contributed by atoms with Crippen molar-refractivity contribution >= 4 is 16.9 Å². The fourth-order valence-electron chi connectivity index (χ4n) is 3.96. The molecule has 4 rings (SSSR count). The highest BCUT2D eigenvalue weighted by atomic mass is 16.5. The van der Waals surface area contributed by atoms with Gasteiger partial charge in [0.1, 0.15) is 5.75 Å². The predicted molar refractivity (Wildman–Crippen MR) is 97.6 cm³/mol. The summed E-state index contributed by atoms with van der Waals surface area (Å²) in [5.41, 5.74) is 5.12. The molecule has 0 saturated carbocycles. The smallest absolute Gasteiger partial charge is 0.336 e. The lowest BCUT2D eigenvalue weighted by Gasteiger charge is -2.17. The number of fused-ring (bicyclic) bond motifs is 3. The SMILES string of the molecule is COc1ccc2c(c1)c1c(n2Cc2ccccc2C(=O)O)CCCC1. The van der Waals surface area contributed by atoms with E-state index in [4.69, 9.17) is 4.74 Å². The minimum Gasteiger partial charge on any atom is -0.497 e. The van der Waals surface area contributed by atoms with Crippen molar-refractivity contribution in [1.82, 2.24) is 4.57 Å². The summed E-state index contributed by atoms with van der Waals surface area (Å²) in [6.45, 7) is 0.584. The molecule has 1 heterocycles. The van der Waals surface area contributed by atoms with Crippen molar-refractivity contribution in [1.29, 1.82) is 0 Å². The highest BCUT2D eigenvalue weighted by Crippen LogP contribution is 2.35. The van der Waals surface area contributed by atoms with Gasteiger partial charge < -0.3 is 14.4 Å². The molecule has 0 aliphatic heterocycles. The third kappa shape index (κ3) is 2.68. The van der Waals surface area contributed by atoms with Crippen LogP contribution in [0.25, 0.3) is 10.9 Å². The van der Waals surface area contributed by atoms with Crippen LogP contribution in [0.1, 0.15) is 40.0 Å². The lowest BCUT2D eigenvalue weighted by molar-refractivity contribution is 0.0695. The predicted octanol–water partition coefficient (Wildman–Crippen LogP) is 4.28. The maximum atomic E-state index is 11.6. The Labute approximate surface area is 146 Å². The van der Waals surface area contributed by atoms with E-state index in [1.165, 1.54) is 29.5 Å². The number of carboxylic acid groups (broad SMARTS) is 1. The van der Waals surface area contributed by atoms with Gasteiger partial charge in [-0.2, -0.15) is 0 Å². The average molecular weight is 335 g/mol. The molecule has 1 aromatic heterocycles. The van der Waals surface area contributed by atoms with E-state index in [9.17, 15) is 9.90 Å². The topological polar surface area (TPSA) is 51.5 Å². The summed E-state index contributed by atoms with van der Waals surface area (Å²) in [7, 11) is 1.69. The van der Waals surface area contributed by atoms with Crippen LogP contribution in [0.15, 0.2) is 42.5 Å². The average Bonchev–Trinajstić information content (AvgIpc) is 2.95.